The maximum absolute atomic E-state index is 11.3. The summed E-state index contributed by atoms with van der Waals surface area (Å²) in [6.07, 6.45) is 2.66. The zero-order valence-corrected chi connectivity index (χ0v) is 12.3. The number of aliphatic hydroxyl groups is 1. The van der Waals surface area contributed by atoms with Crippen LogP contribution in [-0.2, 0) is 4.79 Å². The van der Waals surface area contributed by atoms with Crippen LogP contribution in [0.5, 0.6) is 0 Å². The summed E-state index contributed by atoms with van der Waals surface area (Å²) in [5, 5.41) is 10.3. The Labute approximate surface area is 111 Å². The lowest BCUT2D eigenvalue weighted by Crippen LogP contribution is -2.42. The van der Waals surface area contributed by atoms with Gasteiger partial charge in [0.2, 0.25) is 5.91 Å². The molecule has 0 saturated carbocycles. The van der Waals surface area contributed by atoms with Crippen molar-refractivity contribution in [1.82, 2.24) is 9.80 Å². The van der Waals surface area contributed by atoms with Crippen LogP contribution in [0.15, 0.2) is 0 Å². The van der Waals surface area contributed by atoms with Crippen molar-refractivity contribution in [2.45, 2.75) is 45.6 Å². The van der Waals surface area contributed by atoms with Gasteiger partial charge in [-0.3, -0.25) is 4.79 Å². The van der Waals surface area contributed by atoms with Gasteiger partial charge >= 0.3 is 0 Å². The van der Waals surface area contributed by atoms with Gasteiger partial charge in [-0.05, 0) is 32.2 Å². The minimum Gasteiger partial charge on any atom is -0.389 e. The summed E-state index contributed by atoms with van der Waals surface area (Å²) in [6, 6.07) is 0. The highest BCUT2D eigenvalue weighted by molar-refractivity contribution is 5.73. The van der Waals surface area contributed by atoms with Gasteiger partial charge in [-0.2, -0.15) is 0 Å². The summed E-state index contributed by atoms with van der Waals surface area (Å²) < 4.78 is 0. The van der Waals surface area contributed by atoms with Crippen molar-refractivity contribution >= 4 is 5.91 Å². The first-order valence-electron chi connectivity index (χ1n) is 7.06. The van der Waals surface area contributed by atoms with Crippen LogP contribution >= 0.6 is 0 Å². The van der Waals surface area contributed by atoms with Crippen molar-refractivity contribution in [2.75, 3.05) is 33.2 Å². The fraction of sp³-hybridized carbons (Fsp3) is 0.929. The molecule has 4 nitrogen and oxygen atoms in total. The Morgan fingerprint density at radius 2 is 2.06 bits per heavy atom. The predicted octanol–water partition coefficient (Wildman–Crippen LogP) is 1.34. The Kier molecular flexibility index (Phi) is 5.60. The zero-order chi connectivity index (χ0) is 13.8. The van der Waals surface area contributed by atoms with Crippen molar-refractivity contribution in [2.24, 2.45) is 5.92 Å². The Morgan fingerprint density at radius 1 is 1.44 bits per heavy atom. The Morgan fingerprint density at radius 3 is 2.50 bits per heavy atom. The number of carbonyl (C=O) groups is 1. The van der Waals surface area contributed by atoms with Crippen LogP contribution in [0.25, 0.3) is 0 Å². The van der Waals surface area contributed by atoms with Crippen LogP contribution in [0.4, 0.5) is 0 Å². The predicted molar refractivity (Wildman–Crippen MR) is 73.4 cm³/mol. The van der Waals surface area contributed by atoms with Crippen molar-refractivity contribution in [3.8, 4) is 0 Å². The molecule has 106 valence electrons. The highest BCUT2D eigenvalue weighted by Gasteiger charge is 2.28. The number of carbonyl (C=O) groups excluding carboxylic acids is 1. The number of hydrogen-bond acceptors (Lipinski definition) is 3. The van der Waals surface area contributed by atoms with Crippen molar-refractivity contribution < 1.29 is 9.90 Å². The van der Waals surface area contributed by atoms with E-state index in [1.807, 2.05) is 18.7 Å². The van der Waals surface area contributed by atoms with Gasteiger partial charge in [-0.1, -0.05) is 13.8 Å². The second kappa shape index (κ2) is 6.53. The van der Waals surface area contributed by atoms with Crippen LogP contribution in [0.3, 0.4) is 0 Å². The molecule has 1 heterocycles. The second-order valence-electron chi connectivity index (χ2n) is 5.75. The molecule has 1 unspecified atom stereocenters. The van der Waals surface area contributed by atoms with Crippen molar-refractivity contribution in [1.29, 1.82) is 0 Å². The first-order chi connectivity index (χ1) is 8.40. The standard InChI is InChI=1S/C14H28N2O2/c1-5-14(18,6-2)11-15(4)9-13-7-8-16(10-13)12(3)17/h13,18H,5-11H2,1-4H3. The second-order valence-corrected chi connectivity index (χ2v) is 5.75. The van der Waals surface area contributed by atoms with Crippen LogP contribution in [0.1, 0.15) is 40.0 Å². The smallest absolute Gasteiger partial charge is 0.219 e. The summed E-state index contributed by atoms with van der Waals surface area (Å²) in [5.41, 5.74) is -0.562. The molecule has 1 saturated heterocycles. The highest BCUT2D eigenvalue weighted by atomic mass is 16.3. The van der Waals surface area contributed by atoms with Crippen LogP contribution in [0, 0.1) is 5.92 Å². The molecule has 1 atom stereocenters. The van der Waals surface area contributed by atoms with E-state index in [4.69, 9.17) is 0 Å². The lowest BCUT2D eigenvalue weighted by Gasteiger charge is -2.32. The molecule has 18 heavy (non-hydrogen) atoms. The number of likely N-dealkylation sites (tertiary alicyclic amines) is 1. The summed E-state index contributed by atoms with van der Waals surface area (Å²) in [7, 11) is 2.06. The fourth-order valence-corrected chi connectivity index (χ4v) is 2.75. The van der Waals surface area contributed by atoms with Crippen molar-refractivity contribution in [3.05, 3.63) is 0 Å². The SMILES string of the molecule is CCC(O)(CC)CN(C)CC1CCN(C(C)=O)C1. The maximum atomic E-state index is 11.3. The first kappa shape index (κ1) is 15.4. The van der Waals surface area contributed by atoms with E-state index in [2.05, 4.69) is 11.9 Å². The average molecular weight is 256 g/mol. The lowest BCUT2D eigenvalue weighted by molar-refractivity contribution is -0.127. The third-order valence-corrected chi connectivity index (χ3v) is 4.18. The largest absolute Gasteiger partial charge is 0.389 e. The molecule has 0 aromatic heterocycles. The molecule has 0 bridgehead atoms. The molecule has 0 radical (unpaired) electrons. The Balaban J connectivity index is 2.37. The molecule has 1 fully saturated rings. The van der Waals surface area contributed by atoms with E-state index >= 15 is 0 Å². The summed E-state index contributed by atoms with van der Waals surface area (Å²) in [5.74, 6) is 0.732. The van der Waals surface area contributed by atoms with E-state index in [0.29, 0.717) is 5.92 Å². The molecule has 1 rings (SSSR count). The molecule has 0 aromatic carbocycles. The van der Waals surface area contributed by atoms with Gasteiger partial charge in [0, 0.05) is 33.1 Å². The number of amides is 1. The molecule has 0 spiro atoms. The summed E-state index contributed by atoms with van der Waals surface area (Å²) in [6.45, 7) is 9.15. The first-order valence-corrected chi connectivity index (χ1v) is 7.06. The van der Waals surface area contributed by atoms with Crippen LogP contribution in [-0.4, -0.2) is 59.6 Å². The highest BCUT2D eigenvalue weighted by Crippen LogP contribution is 2.20. The molecule has 1 aliphatic heterocycles. The van der Waals surface area contributed by atoms with Gasteiger partial charge in [0.25, 0.3) is 0 Å². The number of rotatable bonds is 6. The zero-order valence-electron chi connectivity index (χ0n) is 12.3. The topological polar surface area (TPSA) is 43.8 Å². The third kappa shape index (κ3) is 4.25. The van der Waals surface area contributed by atoms with E-state index in [0.717, 1.165) is 45.4 Å². The van der Waals surface area contributed by atoms with E-state index in [9.17, 15) is 9.90 Å². The van der Waals surface area contributed by atoms with Gasteiger partial charge in [-0.15, -0.1) is 0 Å². The molecule has 0 aliphatic carbocycles. The summed E-state index contributed by atoms with van der Waals surface area (Å²) >= 11 is 0. The fourth-order valence-electron chi connectivity index (χ4n) is 2.75. The molecular formula is C14H28N2O2. The normalized spacial score (nSPS) is 20.8. The van der Waals surface area contributed by atoms with Gasteiger partial charge < -0.3 is 14.9 Å². The number of likely N-dealkylation sites (N-methyl/N-ethyl adjacent to an activating group) is 1. The maximum Gasteiger partial charge on any atom is 0.219 e. The Bertz CT molecular complexity index is 277. The van der Waals surface area contributed by atoms with E-state index < -0.39 is 5.60 Å². The quantitative estimate of drug-likeness (QED) is 0.780. The lowest BCUT2D eigenvalue weighted by atomic mass is 9.96. The van der Waals surface area contributed by atoms with Gasteiger partial charge in [0.05, 0.1) is 5.60 Å². The molecular weight excluding hydrogens is 228 g/mol. The minimum atomic E-state index is -0.562. The van der Waals surface area contributed by atoms with E-state index in [1.54, 1.807) is 6.92 Å². The van der Waals surface area contributed by atoms with Gasteiger partial charge in [0.15, 0.2) is 0 Å². The molecule has 1 amide bonds. The Hall–Kier alpha value is -0.610. The van der Waals surface area contributed by atoms with E-state index in [-0.39, 0.29) is 5.91 Å². The van der Waals surface area contributed by atoms with E-state index in [1.165, 1.54) is 0 Å². The van der Waals surface area contributed by atoms with Crippen LogP contribution < -0.4 is 0 Å². The van der Waals surface area contributed by atoms with Crippen LogP contribution in [0.2, 0.25) is 0 Å². The summed E-state index contributed by atoms with van der Waals surface area (Å²) in [4.78, 5) is 15.4. The van der Waals surface area contributed by atoms with Crippen molar-refractivity contribution in [3.63, 3.8) is 0 Å². The molecule has 1 N–H and O–H groups in total. The van der Waals surface area contributed by atoms with Gasteiger partial charge in [-0.25, -0.2) is 0 Å². The number of hydrogen-bond donors (Lipinski definition) is 1. The van der Waals surface area contributed by atoms with Gasteiger partial charge in [0.1, 0.15) is 0 Å². The monoisotopic (exact) mass is 256 g/mol. The molecule has 0 aromatic rings. The minimum absolute atomic E-state index is 0.179. The molecule has 1 aliphatic rings. The average Bonchev–Trinajstić information content (AvgIpc) is 2.77. The third-order valence-electron chi connectivity index (χ3n) is 4.18. The molecule has 4 heteroatoms. The number of nitrogens with zero attached hydrogens (tertiary/aromatic N) is 2.